The van der Waals surface area contributed by atoms with E-state index in [1.807, 2.05) is 73.3 Å². The minimum absolute atomic E-state index is 0.136. The van der Waals surface area contributed by atoms with Crippen molar-refractivity contribution in [2.24, 2.45) is 0 Å². The topological polar surface area (TPSA) is 96.9 Å². The Hall–Kier alpha value is -4.46. The molecule has 1 aliphatic rings. The zero-order chi connectivity index (χ0) is 28.4. The zero-order valence-corrected chi connectivity index (χ0v) is 23.6. The molecule has 3 aromatic carbocycles. The third-order valence-corrected chi connectivity index (χ3v) is 7.30. The van der Waals surface area contributed by atoms with Gasteiger partial charge in [-0.15, -0.1) is 0 Å². The highest BCUT2D eigenvalue weighted by molar-refractivity contribution is 6.00. The molecule has 0 saturated heterocycles. The van der Waals surface area contributed by atoms with E-state index in [2.05, 4.69) is 17.1 Å². The van der Waals surface area contributed by atoms with Crippen molar-refractivity contribution in [3.63, 3.8) is 0 Å². The first-order chi connectivity index (χ1) is 19.4. The SMILES string of the molecule is CCCOc1cccc(C2c3c(-c4cc(C)cc(C)c4O)n[nH]c3C(=O)N2CCc2ccc(OC)c(OC)c2)c1. The first-order valence-corrected chi connectivity index (χ1v) is 13.5. The summed E-state index contributed by atoms with van der Waals surface area (Å²) in [4.78, 5) is 15.7. The highest BCUT2D eigenvalue weighted by Crippen LogP contribution is 2.46. The molecule has 4 aromatic rings. The number of H-pyrrole nitrogens is 1. The standard InChI is InChI=1S/C32H35N3O5/c1-6-14-40-23-9-7-8-22(18-23)30-27-28(24-16-19(2)15-20(3)31(24)36)33-34-29(27)32(37)35(30)13-12-21-10-11-25(38-4)26(17-21)39-5/h7-11,15-18,30,36H,6,12-14H2,1-5H3,(H,33,34). The first-order valence-electron chi connectivity index (χ1n) is 13.5. The lowest BCUT2D eigenvalue weighted by Gasteiger charge is -2.27. The third-order valence-electron chi connectivity index (χ3n) is 7.30. The van der Waals surface area contributed by atoms with Gasteiger partial charge in [0.25, 0.3) is 5.91 Å². The number of nitrogens with zero attached hydrogens (tertiary/aromatic N) is 2. The number of carbonyl (C=O) groups is 1. The van der Waals surface area contributed by atoms with Gasteiger partial charge in [-0.1, -0.05) is 31.2 Å². The molecule has 0 fully saturated rings. The Morgan fingerprint density at radius 2 is 1.82 bits per heavy atom. The average molecular weight is 542 g/mol. The van der Waals surface area contributed by atoms with E-state index in [0.717, 1.165) is 40.0 Å². The van der Waals surface area contributed by atoms with Crippen LogP contribution in [0.15, 0.2) is 54.6 Å². The van der Waals surface area contributed by atoms with Crippen LogP contribution in [0, 0.1) is 13.8 Å². The van der Waals surface area contributed by atoms with Crippen molar-refractivity contribution in [3.05, 3.63) is 88.1 Å². The van der Waals surface area contributed by atoms with Crippen LogP contribution in [0.4, 0.5) is 0 Å². The van der Waals surface area contributed by atoms with Crippen LogP contribution >= 0.6 is 0 Å². The highest BCUT2D eigenvalue weighted by Gasteiger charge is 2.42. The molecular weight excluding hydrogens is 506 g/mol. The van der Waals surface area contributed by atoms with Crippen molar-refractivity contribution in [2.75, 3.05) is 27.4 Å². The molecule has 208 valence electrons. The Morgan fingerprint density at radius 1 is 1.02 bits per heavy atom. The maximum atomic E-state index is 13.9. The van der Waals surface area contributed by atoms with Crippen LogP contribution < -0.4 is 14.2 Å². The van der Waals surface area contributed by atoms with Gasteiger partial charge in [-0.25, -0.2) is 0 Å². The number of aromatic amines is 1. The van der Waals surface area contributed by atoms with Crippen LogP contribution in [0.1, 0.15) is 57.7 Å². The Bertz CT molecular complexity index is 1540. The van der Waals surface area contributed by atoms with Gasteiger partial charge in [0.1, 0.15) is 22.9 Å². The van der Waals surface area contributed by atoms with E-state index in [1.54, 1.807) is 14.2 Å². The van der Waals surface area contributed by atoms with Gasteiger partial charge in [0.15, 0.2) is 11.5 Å². The van der Waals surface area contributed by atoms with Gasteiger partial charge in [-0.2, -0.15) is 5.10 Å². The summed E-state index contributed by atoms with van der Waals surface area (Å²) in [5.74, 6) is 2.08. The van der Waals surface area contributed by atoms with E-state index in [-0.39, 0.29) is 11.7 Å². The number of aromatic hydroxyl groups is 1. The fraction of sp³-hybridized carbons (Fsp3) is 0.312. The molecule has 5 rings (SSSR count). The number of nitrogens with one attached hydrogen (secondary N) is 1. The quantitative estimate of drug-likeness (QED) is 0.256. The monoisotopic (exact) mass is 541 g/mol. The number of methoxy groups -OCH3 is 2. The van der Waals surface area contributed by atoms with E-state index in [0.29, 0.717) is 48.0 Å². The molecule has 0 saturated carbocycles. The molecule has 8 heteroatoms. The van der Waals surface area contributed by atoms with E-state index in [1.165, 1.54) is 0 Å². The lowest BCUT2D eigenvalue weighted by Crippen LogP contribution is -2.31. The summed E-state index contributed by atoms with van der Waals surface area (Å²) in [5, 5.41) is 18.5. The van der Waals surface area contributed by atoms with Crippen molar-refractivity contribution < 1.29 is 24.1 Å². The Balaban J connectivity index is 1.58. The van der Waals surface area contributed by atoms with Crippen molar-refractivity contribution >= 4 is 5.91 Å². The lowest BCUT2D eigenvalue weighted by atomic mass is 9.94. The zero-order valence-electron chi connectivity index (χ0n) is 23.6. The van der Waals surface area contributed by atoms with Crippen LogP contribution in [-0.2, 0) is 6.42 Å². The molecule has 0 radical (unpaired) electrons. The van der Waals surface area contributed by atoms with E-state index >= 15 is 0 Å². The third kappa shape index (κ3) is 4.97. The lowest BCUT2D eigenvalue weighted by molar-refractivity contribution is 0.0745. The largest absolute Gasteiger partial charge is 0.507 e. The van der Waals surface area contributed by atoms with Crippen molar-refractivity contribution in [1.82, 2.24) is 15.1 Å². The molecule has 1 aliphatic heterocycles. The second kappa shape index (κ2) is 11.3. The number of hydrogen-bond donors (Lipinski definition) is 2. The summed E-state index contributed by atoms with van der Waals surface area (Å²) in [7, 11) is 3.22. The molecule has 40 heavy (non-hydrogen) atoms. The molecule has 1 aromatic heterocycles. The maximum Gasteiger partial charge on any atom is 0.273 e. The number of hydrogen-bond acceptors (Lipinski definition) is 6. The Morgan fingerprint density at radius 3 is 2.58 bits per heavy atom. The number of phenols is 1. The average Bonchev–Trinajstić information content (AvgIpc) is 3.51. The molecule has 2 N–H and O–H groups in total. The number of benzene rings is 3. The number of ether oxygens (including phenoxy) is 3. The minimum Gasteiger partial charge on any atom is -0.507 e. The molecule has 0 bridgehead atoms. The fourth-order valence-electron chi connectivity index (χ4n) is 5.40. The maximum absolute atomic E-state index is 13.9. The van der Waals surface area contributed by atoms with Crippen molar-refractivity contribution in [3.8, 4) is 34.3 Å². The highest BCUT2D eigenvalue weighted by atomic mass is 16.5. The predicted molar refractivity (Wildman–Crippen MR) is 154 cm³/mol. The Labute approximate surface area is 234 Å². The summed E-state index contributed by atoms with van der Waals surface area (Å²) in [6, 6.07) is 17.1. The summed E-state index contributed by atoms with van der Waals surface area (Å²) < 4.78 is 16.8. The van der Waals surface area contributed by atoms with Crippen LogP contribution in [0.2, 0.25) is 0 Å². The summed E-state index contributed by atoms with van der Waals surface area (Å²) in [5.41, 5.74) is 6.07. The molecular formula is C32H35N3O5. The van der Waals surface area contributed by atoms with Crippen LogP contribution in [0.25, 0.3) is 11.3 Å². The van der Waals surface area contributed by atoms with Gasteiger partial charge in [-0.3, -0.25) is 9.89 Å². The summed E-state index contributed by atoms with van der Waals surface area (Å²) in [6.45, 7) is 6.98. The number of aromatic nitrogens is 2. The minimum atomic E-state index is -0.415. The van der Waals surface area contributed by atoms with Gasteiger partial charge in [0.2, 0.25) is 0 Å². The first kappa shape index (κ1) is 27.1. The number of aryl methyl sites for hydroxylation is 2. The molecule has 8 nitrogen and oxygen atoms in total. The predicted octanol–water partition coefficient (Wildman–Crippen LogP) is 5.99. The van der Waals surface area contributed by atoms with Crippen molar-refractivity contribution in [2.45, 2.75) is 39.7 Å². The number of amides is 1. The number of rotatable bonds is 10. The molecule has 1 atom stereocenters. The molecule has 1 unspecified atom stereocenters. The number of fused-ring (bicyclic) bond motifs is 1. The normalized spacial score (nSPS) is 14.4. The van der Waals surface area contributed by atoms with Gasteiger partial charge in [0, 0.05) is 17.7 Å². The van der Waals surface area contributed by atoms with E-state index in [9.17, 15) is 9.90 Å². The van der Waals surface area contributed by atoms with Crippen LogP contribution in [-0.4, -0.2) is 53.5 Å². The second-order valence-corrected chi connectivity index (χ2v) is 10.1. The number of carbonyl (C=O) groups excluding carboxylic acids is 1. The van der Waals surface area contributed by atoms with E-state index < -0.39 is 6.04 Å². The summed E-state index contributed by atoms with van der Waals surface area (Å²) in [6.07, 6.45) is 1.50. The summed E-state index contributed by atoms with van der Waals surface area (Å²) >= 11 is 0. The van der Waals surface area contributed by atoms with Crippen LogP contribution in [0.3, 0.4) is 0 Å². The van der Waals surface area contributed by atoms with E-state index in [4.69, 9.17) is 14.2 Å². The number of phenolic OH excluding ortho intramolecular Hbond substituents is 1. The molecule has 1 amide bonds. The van der Waals surface area contributed by atoms with Gasteiger partial charge >= 0.3 is 0 Å². The fourth-order valence-corrected chi connectivity index (χ4v) is 5.40. The Kier molecular flexibility index (Phi) is 7.69. The molecule has 0 aliphatic carbocycles. The van der Waals surface area contributed by atoms with Crippen molar-refractivity contribution in [1.29, 1.82) is 0 Å². The molecule has 2 heterocycles. The molecule has 0 spiro atoms. The smallest absolute Gasteiger partial charge is 0.273 e. The van der Waals surface area contributed by atoms with Gasteiger partial charge in [0.05, 0.1) is 26.9 Å². The second-order valence-electron chi connectivity index (χ2n) is 10.1. The van der Waals surface area contributed by atoms with Crippen LogP contribution in [0.5, 0.6) is 23.0 Å². The van der Waals surface area contributed by atoms with Gasteiger partial charge < -0.3 is 24.2 Å². The van der Waals surface area contributed by atoms with Gasteiger partial charge in [-0.05, 0) is 79.3 Å².